The SMILES string of the molecule is Cc1ccc2c(cnn2C)c1C. The average molecular weight is 160 g/mol. The molecule has 0 atom stereocenters. The predicted octanol–water partition coefficient (Wildman–Crippen LogP) is 2.19. The highest BCUT2D eigenvalue weighted by Crippen LogP contribution is 2.19. The highest BCUT2D eigenvalue weighted by atomic mass is 15.2. The van der Waals surface area contributed by atoms with Gasteiger partial charge in [0.05, 0.1) is 11.7 Å². The van der Waals surface area contributed by atoms with E-state index in [0.717, 1.165) is 0 Å². The minimum atomic E-state index is 1.21. The Kier molecular flexibility index (Phi) is 1.43. The van der Waals surface area contributed by atoms with Gasteiger partial charge in [-0.25, -0.2) is 0 Å². The first kappa shape index (κ1) is 7.35. The molecule has 1 aromatic carbocycles. The van der Waals surface area contributed by atoms with E-state index in [9.17, 15) is 0 Å². The second kappa shape index (κ2) is 2.34. The fourth-order valence-electron chi connectivity index (χ4n) is 1.47. The molecule has 0 bridgehead atoms. The van der Waals surface area contributed by atoms with Crippen LogP contribution in [0.25, 0.3) is 10.9 Å². The molecule has 1 aromatic heterocycles. The number of benzene rings is 1. The Morgan fingerprint density at radius 1 is 1.25 bits per heavy atom. The third-order valence-corrected chi connectivity index (χ3v) is 2.47. The van der Waals surface area contributed by atoms with Crippen molar-refractivity contribution in [1.82, 2.24) is 9.78 Å². The van der Waals surface area contributed by atoms with Gasteiger partial charge in [0.1, 0.15) is 0 Å². The largest absolute Gasteiger partial charge is 0.268 e. The van der Waals surface area contributed by atoms with Crippen molar-refractivity contribution in [1.29, 1.82) is 0 Å². The van der Waals surface area contributed by atoms with Crippen LogP contribution in [0.4, 0.5) is 0 Å². The standard InChI is InChI=1S/C10H12N2/c1-7-4-5-10-9(8(7)2)6-11-12(10)3/h4-6H,1-3H3. The Labute approximate surface area is 71.8 Å². The predicted molar refractivity (Wildman–Crippen MR) is 50.2 cm³/mol. The van der Waals surface area contributed by atoms with Crippen molar-refractivity contribution < 1.29 is 0 Å². The van der Waals surface area contributed by atoms with E-state index in [2.05, 4.69) is 31.1 Å². The zero-order valence-electron chi connectivity index (χ0n) is 7.63. The van der Waals surface area contributed by atoms with Gasteiger partial charge in [0.2, 0.25) is 0 Å². The fraction of sp³-hybridized carbons (Fsp3) is 0.300. The molecule has 62 valence electrons. The van der Waals surface area contributed by atoms with Crippen molar-refractivity contribution in [2.75, 3.05) is 0 Å². The molecule has 0 spiro atoms. The van der Waals surface area contributed by atoms with Crippen LogP contribution in [-0.4, -0.2) is 9.78 Å². The second-order valence-corrected chi connectivity index (χ2v) is 3.21. The van der Waals surface area contributed by atoms with Gasteiger partial charge in [-0.15, -0.1) is 0 Å². The van der Waals surface area contributed by atoms with E-state index < -0.39 is 0 Å². The Balaban J connectivity index is 2.93. The molecule has 0 fully saturated rings. The van der Waals surface area contributed by atoms with E-state index in [1.165, 1.54) is 22.0 Å². The monoisotopic (exact) mass is 160 g/mol. The smallest absolute Gasteiger partial charge is 0.0681 e. The Bertz CT molecular complexity index is 427. The summed E-state index contributed by atoms with van der Waals surface area (Å²) in [5.74, 6) is 0. The molecule has 2 nitrogen and oxygen atoms in total. The van der Waals surface area contributed by atoms with Gasteiger partial charge in [0.15, 0.2) is 0 Å². The van der Waals surface area contributed by atoms with Crippen molar-refractivity contribution in [3.63, 3.8) is 0 Å². The molecule has 2 heteroatoms. The van der Waals surface area contributed by atoms with Crippen LogP contribution in [0.5, 0.6) is 0 Å². The lowest BCUT2D eigenvalue weighted by Crippen LogP contribution is -1.89. The molecule has 2 rings (SSSR count). The van der Waals surface area contributed by atoms with Crippen LogP contribution in [-0.2, 0) is 7.05 Å². The summed E-state index contributed by atoms with van der Waals surface area (Å²) in [4.78, 5) is 0. The lowest BCUT2D eigenvalue weighted by Gasteiger charge is -2.00. The van der Waals surface area contributed by atoms with Gasteiger partial charge < -0.3 is 0 Å². The molecule has 0 unspecified atom stereocenters. The maximum atomic E-state index is 4.21. The minimum Gasteiger partial charge on any atom is -0.268 e. The molecule has 0 N–H and O–H groups in total. The molecule has 0 aliphatic rings. The first-order chi connectivity index (χ1) is 5.70. The second-order valence-electron chi connectivity index (χ2n) is 3.21. The first-order valence-electron chi connectivity index (χ1n) is 4.08. The molecule has 0 radical (unpaired) electrons. The summed E-state index contributed by atoms with van der Waals surface area (Å²) >= 11 is 0. The number of hydrogen-bond acceptors (Lipinski definition) is 1. The van der Waals surface area contributed by atoms with E-state index >= 15 is 0 Å². The van der Waals surface area contributed by atoms with Crippen LogP contribution in [0.1, 0.15) is 11.1 Å². The summed E-state index contributed by atoms with van der Waals surface area (Å²) in [6.45, 7) is 4.27. The van der Waals surface area contributed by atoms with E-state index in [4.69, 9.17) is 0 Å². The molecular weight excluding hydrogens is 148 g/mol. The van der Waals surface area contributed by atoms with E-state index in [0.29, 0.717) is 0 Å². The number of nitrogens with zero attached hydrogens (tertiary/aromatic N) is 2. The summed E-state index contributed by atoms with van der Waals surface area (Å²) in [7, 11) is 1.97. The summed E-state index contributed by atoms with van der Waals surface area (Å²) in [6, 6.07) is 4.25. The highest BCUT2D eigenvalue weighted by molar-refractivity contribution is 5.83. The Morgan fingerprint density at radius 2 is 2.00 bits per heavy atom. The first-order valence-corrected chi connectivity index (χ1v) is 4.08. The normalized spacial score (nSPS) is 10.9. The number of aryl methyl sites for hydroxylation is 3. The van der Waals surface area contributed by atoms with Gasteiger partial charge in [-0.05, 0) is 31.0 Å². The number of hydrogen-bond donors (Lipinski definition) is 0. The molecule has 0 aliphatic carbocycles. The Morgan fingerprint density at radius 3 is 2.75 bits per heavy atom. The molecule has 1 heterocycles. The van der Waals surface area contributed by atoms with Gasteiger partial charge in [-0.2, -0.15) is 5.10 Å². The van der Waals surface area contributed by atoms with Crippen LogP contribution < -0.4 is 0 Å². The van der Waals surface area contributed by atoms with E-state index in [1.807, 2.05) is 17.9 Å². The third kappa shape index (κ3) is 0.843. The lowest BCUT2D eigenvalue weighted by molar-refractivity contribution is 0.797. The highest BCUT2D eigenvalue weighted by Gasteiger charge is 2.02. The molecule has 0 saturated heterocycles. The Hall–Kier alpha value is -1.31. The van der Waals surface area contributed by atoms with Crippen molar-refractivity contribution in [2.45, 2.75) is 13.8 Å². The van der Waals surface area contributed by atoms with Crippen LogP contribution in [0, 0.1) is 13.8 Å². The minimum absolute atomic E-state index is 1.21. The van der Waals surface area contributed by atoms with Gasteiger partial charge in [0, 0.05) is 12.4 Å². The molecule has 0 aliphatic heterocycles. The zero-order valence-corrected chi connectivity index (χ0v) is 7.63. The van der Waals surface area contributed by atoms with Crippen LogP contribution in [0.2, 0.25) is 0 Å². The van der Waals surface area contributed by atoms with Crippen molar-refractivity contribution >= 4 is 10.9 Å². The van der Waals surface area contributed by atoms with Crippen LogP contribution >= 0.6 is 0 Å². The summed E-state index contributed by atoms with van der Waals surface area (Å²) < 4.78 is 1.90. The van der Waals surface area contributed by atoms with Crippen molar-refractivity contribution in [3.05, 3.63) is 29.5 Å². The lowest BCUT2D eigenvalue weighted by atomic mass is 10.1. The summed E-state index contributed by atoms with van der Waals surface area (Å²) in [6.07, 6.45) is 1.93. The number of rotatable bonds is 0. The van der Waals surface area contributed by atoms with Crippen molar-refractivity contribution in [3.8, 4) is 0 Å². The van der Waals surface area contributed by atoms with E-state index in [1.54, 1.807) is 0 Å². The maximum Gasteiger partial charge on any atom is 0.0681 e. The molecule has 0 saturated carbocycles. The van der Waals surface area contributed by atoms with Gasteiger partial charge in [-0.1, -0.05) is 6.07 Å². The van der Waals surface area contributed by atoms with Crippen LogP contribution in [0.15, 0.2) is 18.3 Å². The molecular formula is C10H12N2. The average Bonchev–Trinajstić information content (AvgIpc) is 2.41. The van der Waals surface area contributed by atoms with Gasteiger partial charge in [0.25, 0.3) is 0 Å². The number of aromatic nitrogens is 2. The molecule has 2 aromatic rings. The van der Waals surface area contributed by atoms with E-state index in [-0.39, 0.29) is 0 Å². The topological polar surface area (TPSA) is 17.8 Å². The zero-order chi connectivity index (χ0) is 8.72. The molecule has 0 amide bonds. The number of fused-ring (bicyclic) bond motifs is 1. The van der Waals surface area contributed by atoms with Gasteiger partial charge in [-0.3, -0.25) is 4.68 Å². The third-order valence-electron chi connectivity index (χ3n) is 2.47. The maximum absolute atomic E-state index is 4.21. The van der Waals surface area contributed by atoms with Crippen molar-refractivity contribution in [2.24, 2.45) is 7.05 Å². The molecule has 12 heavy (non-hydrogen) atoms. The van der Waals surface area contributed by atoms with Crippen LogP contribution in [0.3, 0.4) is 0 Å². The summed E-state index contributed by atoms with van der Waals surface area (Å²) in [5.41, 5.74) is 3.87. The summed E-state index contributed by atoms with van der Waals surface area (Å²) in [5, 5.41) is 5.48. The fourth-order valence-corrected chi connectivity index (χ4v) is 1.47. The quantitative estimate of drug-likeness (QED) is 0.577. The van der Waals surface area contributed by atoms with Gasteiger partial charge >= 0.3 is 0 Å².